The summed E-state index contributed by atoms with van der Waals surface area (Å²) in [6.07, 6.45) is 3.38. The van der Waals surface area contributed by atoms with Crippen molar-refractivity contribution in [3.63, 3.8) is 0 Å². The van der Waals surface area contributed by atoms with Crippen molar-refractivity contribution in [1.29, 1.82) is 0 Å². The number of hydrogen-bond acceptors (Lipinski definition) is 2. The fourth-order valence-electron chi connectivity index (χ4n) is 1.35. The van der Waals surface area contributed by atoms with Gasteiger partial charge in [0, 0.05) is 9.75 Å². The van der Waals surface area contributed by atoms with Gasteiger partial charge >= 0.3 is 0 Å². The molecule has 0 saturated carbocycles. The molecule has 0 atom stereocenters. The largest absolute Gasteiger partial charge is 0.144 e. The number of thiophene rings is 2. The molecule has 14 heavy (non-hydrogen) atoms. The van der Waals surface area contributed by atoms with Crippen molar-refractivity contribution in [2.75, 3.05) is 0 Å². The van der Waals surface area contributed by atoms with E-state index in [1.54, 1.807) is 11.3 Å². The quantitative estimate of drug-likeness (QED) is 0.699. The summed E-state index contributed by atoms with van der Waals surface area (Å²) in [7, 11) is 0. The molecule has 2 heterocycles. The van der Waals surface area contributed by atoms with Crippen LogP contribution in [0.2, 0.25) is 0 Å². The van der Waals surface area contributed by atoms with Crippen LogP contribution in [0.25, 0.3) is 11.6 Å². The van der Waals surface area contributed by atoms with E-state index in [2.05, 4.69) is 48.0 Å². The first-order chi connectivity index (χ1) is 6.90. The van der Waals surface area contributed by atoms with E-state index in [4.69, 9.17) is 0 Å². The molecule has 0 unspecified atom stereocenters. The van der Waals surface area contributed by atoms with Crippen LogP contribution in [0.4, 0.5) is 0 Å². The van der Waals surface area contributed by atoms with Gasteiger partial charge in [-0.15, -0.1) is 22.7 Å². The molecule has 0 bridgehead atoms. The third kappa shape index (κ3) is 2.14. The van der Waals surface area contributed by atoms with Gasteiger partial charge in [0.25, 0.3) is 0 Å². The normalized spacial score (nSPS) is 11.9. The van der Waals surface area contributed by atoms with Gasteiger partial charge < -0.3 is 0 Å². The van der Waals surface area contributed by atoms with Gasteiger partial charge in [-0.2, -0.15) is 0 Å². The lowest BCUT2D eigenvalue weighted by molar-refractivity contribution is 1.26. The van der Waals surface area contributed by atoms with E-state index in [1.807, 2.05) is 11.3 Å². The SMILES string of the molecule is CCC(=Cc1cccs1)c1cccs1. The Balaban J connectivity index is 2.30. The van der Waals surface area contributed by atoms with Crippen molar-refractivity contribution in [2.45, 2.75) is 13.3 Å². The molecule has 2 heteroatoms. The van der Waals surface area contributed by atoms with Gasteiger partial charge in [-0.05, 0) is 41.0 Å². The van der Waals surface area contributed by atoms with Crippen LogP contribution in [0, 0.1) is 0 Å². The zero-order valence-corrected chi connectivity index (χ0v) is 9.70. The number of rotatable bonds is 3. The van der Waals surface area contributed by atoms with Crippen LogP contribution in [0.1, 0.15) is 23.1 Å². The Morgan fingerprint density at radius 2 is 2.00 bits per heavy atom. The van der Waals surface area contributed by atoms with Crippen molar-refractivity contribution in [3.8, 4) is 0 Å². The molecule has 2 rings (SSSR count). The lowest BCUT2D eigenvalue weighted by Crippen LogP contribution is -1.75. The molecular formula is C12H12S2. The van der Waals surface area contributed by atoms with E-state index in [1.165, 1.54) is 15.3 Å². The summed E-state index contributed by atoms with van der Waals surface area (Å²) in [5, 5.41) is 4.25. The minimum absolute atomic E-state index is 1.10. The molecule has 0 radical (unpaired) electrons. The summed E-state index contributed by atoms with van der Waals surface area (Å²) in [5.74, 6) is 0. The van der Waals surface area contributed by atoms with Crippen molar-refractivity contribution in [1.82, 2.24) is 0 Å². The summed E-state index contributed by atoms with van der Waals surface area (Å²) < 4.78 is 0. The standard InChI is InChI=1S/C12H12S2/c1-2-10(12-6-4-8-14-12)9-11-5-3-7-13-11/h3-9H,2H2,1H3. The fraction of sp³-hybridized carbons (Fsp3) is 0.167. The number of allylic oxidation sites excluding steroid dienone is 1. The third-order valence-corrected chi connectivity index (χ3v) is 3.84. The van der Waals surface area contributed by atoms with Gasteiger partial charge in [-0.1, -0.05) is 19.1 Å². The van der Waals surface area contributed by atoms with Gasteiger partial charge in [0.2, 0.25) is 0 Å². The molecular weight excluding hydrogens is 208 g/mol. The van der Waals surface area contributed by atoms with E-state index in [-0.39, 0.29) is 0 Å². The van der Waals surface area contributed by atoms with E-state index < -0.39 is 0 Å². The Morgan fingerprint density at radius 3 is 2.57 bits per heavy atom. The highest BCUT2D eigenvalue weighted by molar-refractivity contribution is 7.12. The molecule has 72 valence electrons. The second kappa shape index (κ2) is 4.58. The van der Waals surface area contributed by atoms with E-state index in [0.29, 0.717) is 0 Å². The summed E-state index contributed by atoms with van der Waals surface area (Å²) in [6, 6.07) is 8.55. The lowest BCUT2D eigenvalue weighted by Gasteiger charge is -1.99. The van der Waals surface area contributed by atoms with Gasteiger partial charge in [-0.3, -0.25) is 0 Å². The van der Waals surface area contributed by atoms with Gasteiger partial charge in [0.15, 0.2) is 0 Å². The topological polar surface area (TPSA) is 0 Å². The average Bonchev–Trinajstić information content (AvgIpc) is 2.86. The van der Waals surface area contributed by atoms with Crippen molar-refractivity contribution in [2.24, 2.45) is 0 Å². The van der Waals surface area contributed by atoms with Crippen molar-refractivity contribution < 1.29 is 0 Å². The summed E-state index contributed by atoms with van der Waals surface area (Å²) in [4.78, 5) is 2.73. The molecule has 0 saturated heterocycles. The first-order valence-electron chi connectivity index (χ1n) is 4.68. The van der Waals surface area contributed by atoms with Crippen LogP contribution in [0.15, 0.2) is 35.0 Å². The molecule has 0 nitrogen and oxygen atoms in total. The summed E-state index contributed by atoms with van der Waals surface area (Å²) >= 11 is 3.61. The highest BCUT2D eigenvalue weighted by atomic mass is 32.1. The van der Waals surface area contributed by atoms with E-state index in [0.717, 1.165) is 6.42 Å². The molecule has 0 aliphatic heterocycles. The van der Waals surface area contributed by atoms with Gasteiger partial charge in [-0.25, -0.2) is 0 Å². The minimum atomic E-state index is 1.10. The maximum absolute atomic E-state index is 2.29. The average molecular weight is 220 g/mol. The first kappa shape index (κ1) is 9.69. The Labute approximate surface area is 92.5 Å². The Morgan fingerprint density at radius 1 is 1.21 bits per heavy atom. The number of hydrogen-bond donors (Lipinski definition) is 0. The van der Waals surface area contributed by atoms with Crippen molar-refractivity contribution in [3.05, 3.63) is 44.8 Å². The molecule has 2 aromatic rings. The zero-order valence-electron chi connectivity index (χ0n) is 8.07. The Hall–Kier alpha value is -0.860. The smallest absolute Gasteiger partial charge is 0.0302 e. The lowest BCUT2D eigenvalue weighted by atomic mass is 10.1. The van der Waals surface area contributed by atoms with Crippen LogP contribution in [-0.2, 0) is 0 Å². The molecule has 0 aliphatic rings. The molecule has 0 spiro atoms. The highest BCUT2D eigenvalue weighted by Crippen LogP contribution is 2.26. The molecule has 0 amide bonds. The molecule has 0 aromatic carbocycles. The van der Waals surface area contributed by atoms with E-state index in [9.17, 15) is 0 Å². The Kier molecular flexibility index (Phi) is 3.17. The van der Waals surface area contributed by atoms with E-state index >= 15 is 0 Å². The predicted octanol–water partition coefficient (Wildman–Crippen LogP) is 4.76. The van der Waals surface area contributed by atoms with Crippen LogP contribution in [0.3, 0.4) is 0 Å². The molecule has 0 fully saturated rings. The zero-order chi connectivity index (χ0) is 9.80. The van der Waals surface area contributed by atoms with Crippen LogP contribution < -0.4 is 0 Å². The monoisotopic (exact) mass is 220 g/mol. The van der Waals surface area contributed by atoms with Crippen LogP contribution in [0.5, 0.6) is 0 Å². The Bertz CT molecular complexity index is 393. The minimum Gasteiger partial charge on any atom is -0.144 e. The molecule has 2 aromatic heterocycles. The third-order valence-electron chi connectivity index (χ3n) is 2.08. The maximum Gasteiger partial charge on any atom is 0.0302 e. The maximum atomic E-state index is 2.29. The molecule has 0 N–H and O–H groups in total. The van der Waals surface area contributed by atoms with Crippen LogP contribution >= 0.6 is 22.7 Å². The van der Waals surface area contributed by atoms with Crippen LogP contribution in [-0.4, -0.2) is 0 Å². The summed E-state index contributed by atoms with van der Waals surface area (Å²) in [6.45, 7) is 2.21. The fourth-order valence-corrected chi connectivity index (χ4v) is 2.85. The summed E-state index contributed by atoms with van der Waals surface area (Å²) in [5.41, 5.74) is 1.43. The highest BCUT2D eigenvalue weighted by Gasteiger charge is 2.00. The molecule has 0 aliphatic carbocycles. The van der Waals surface area contributed by atoms with Gasteiger partial charge in [0.05, 0.1) is 0 Å². The first-order valence-corrected chi connectivity index (χ1v) is 6.44. The van der Waals surface area contributed by atoms with Crippen molar-refractivity contribution >= 4 is 34.3 Å². The second-order valence-electron chi connectivity index (χ2n) is 3.02. The predicted molar refractivity (Wildman–Crippen MR) is 66.8 cm³/mol. The van der Waals surface area contributed by atoms with Gasteiger partial charge in [0.1, 0.15) is 0 Å². The second-order valence-corrected chi connectivity index (χ2v) is 4.94.